The van der Waals surface area contributed by atoms with Crippen molar-refractivity contribution in [3.63, 3.8) is 0 Å². The second-order valence-electron chi connectivity index (χ2n) is 5.76. The van der Waals surface area contributed by atoms with E-state index in [0.717, 1.165) is 22.8 Å². The lowest BCUT2D eigenvalue weighted by Crippen LogP contribution is -2.34. The first-order valence-corrected chi connectivity index (χ1v) is 8.00. The van der Waals surface area contributed by atoms with Gasteiger partial charge in [-0.15, -0.1) is 11.3 Å². The average Bonchev–Trinajstić information content (AvgIpc) is 2.71. The summed E-state index contributed by atoms with van der Waals surface area (Å²) in [4.78, 5) is 5.88. The van der Waals surface area contributed by atoms with Gasteiger partial charge in [-0.1, -0.05) is 29.3 Å². The van der Waals surface area contributed by atoms with Gasteiger partial charge in [0.15, 0.2) is 0 Å². The van der Waals surface area contributed by atoms with Gasteiger partial charge < -0.3 is 5.32 Å². The summed E-state index contributed by atoms with van der Waals surface area (Å²) in [6, 6.07) is 5.62. The largest absolute Gasteiger partial charge is 0.307 e. The lowest BCUT2D eigenvalue weighted by atomic mass is 10.1. The molecule has 0 unspecified atom stereocenters. The number of hydrogen-bond donors (Lipinski definition) is 1. The molecule has 1 heterocycles. The van der Waals surface area contributed by atoms with Crippen molar-refractivity contribution in [2.45, 2.75) is 39.8 Å². The maximum absolute atomic E-state index is 6.06. The summed E-state index contributed by atoms with van der Waals surface area (Å²) in [7, 11) is 0. The standard InChI is InChI=1S/C15H18Cl2N2S/c1-9-13(8-18-15(2,3)4)20-14(19-9)10-5-6-11(16)12(17)7-10/h5-7,18H,8H2,1-4H3. The number of hydrogen-bond acceptors (Lipinski definition) is 3. The first-order chi connectivity index (χ1) is 9.26. The van der Waals surface area contributed by atoms with Crippen LogP contribution in [0.3, 0.4) is 0 Å². The number of nitrogens with zero attached hydrogens (tertiary/aromatic N) is 1. The lowest BCUT2D eigenvalue weighted by Gasteiger charge is -2.19. The SMILES string of the molecule is Cc1nc(-c2ccc(Cl)c(Cl)c2)sc1CNC(C)(C)C. The minimum atomic E-state index is 0.0974. The molecule has 108 valence electrons. The number of aromatic nitrogens is 1. The molecule has 0 radical (unpaired) electrons. The van der Waals surface area contributed by atoms with E-state index in [1.807, 2.05) is 25.1 Å². The van der Waals surface area contributed by atoms with Gasteiger partial charge in [-0.3, -0.25) is 0 Å². The van der Waals surface area contributed by atoms with E-state index in [1.54, 1.807) is 11.3 Å². The molecule has 0 bridgehead atoms. The number of aryl methyl sites for hydroxylation is 1. The van der Waals surface area contributed by atoms with Crippen molar-refractivity contribution >= 4 is 34.5 Å². The molecule has 2 rings (SSSR count). The molecule has 1 aromatic heterocycles. The molecule has 0 saturated carbocycles. The van der Waals surface area contributed by atoms with Crippen molar-refractivity contribution in [1.82, 2.24) is 10.3 Å². The number of halogens is 2. The van der Waals surface area contributed by atoms with Gasteiger partial charge in [0, 0.05) is 22.5 Å². The molecule has 0 amide bonds. The topological polar surface area (TPSA) is 24.9 Å². The van der Waals surface area contributed by atoms with Crippen LogP contribution in [0.5, 0.6) is 0 Å². The van der Waals surface area contributed by atoms with Crippen LogP contribution in [-0.4, -0.2) is 10.5 Å². The molecule has 0 atom stereocenters. The van der Waals surface area contributed by atoms with E-state index in [1.165, 1.54) is 4.88 Å². The molecular formula is C15H18Cl2N2S. The predicted molar refractivity (Wildman–Crippen MR) is 88.9 cm³/mol. The zero-order valence-electron chi connectivity index (χ0n) is 12.1. The summed E-state index contributed by atoms with van der Waals surface area (Å²) in [6.45, 7) is 9.33. The third-order valence-corrected chi connectivity index (χ3v) is 4.78. The molecule has 5 heteroatoms. The molecular weight excluding hydrogens is 311 g/mol. The van der Waals surface area contributed by atoms with Gasteiger partial charge in [0.2, 0.25) is 0 Å². The summed E-state index contributed by atoms with van der Waals surface area (Å²) in [6.07, 6.45) is 0. The molecule has 1 aromatic carbocycles. The maximum Gasteiger partial charge on any atom is 0.123 e. The minimum Gasteiger partial charge on any atom is -0.307 e. The number of nitrogens with one attached hydrogen (secondary N) is 1. The van der Waals surface area contributed by atoms with Crippen LogP contribution in [0, 0.1) is 6.92 Å². The molecule has 0 fully saturated rings. The second-order valence-corrected chi connectivity index (χ2v) is 7.66. The van der Waals surface area contributed by atoms with Gasteiger partial charge in [-0.05, 0) is 39.8 Å². The fraction of sp³-hybridized carbons (Fsp3) is 0.400. The Labute approximate surface area is 134 Å². The fourth-order valence-electron chi connectivity index (χ4n) is 1.69. The average molecular weight is 329 g/mol. The Morgan fingerprint density at radius 2 is 1.90 bits per heavy atom. The normalized spacial score (nSPS) is 11.9. The van der Waals surface area contributed by atoms with Gasteiger partial charge in [0.25, 0.3) is 0 Å². The van der Waals surface area contributed by atoms with E-state index in [2.05, 4.69) is 31.1 Å². The van der Waals surface area contributed by atoms with Gasteiger partial charge in [-0.2, -0.15) is 0 Å². The van der Waals surface area contributed by atoms with Crippen LogP contribution in [0.25, 0.3) is 10.6 Å². The smallest absolute Gasteiger partial charge is 0.123 e. The number of rotatable bonds is 3. The van der Waals surface area contributed by atoms with Crippen LogP contribution in [0.4, 0.5) is 0 Å². The predicted octanol–water partition coefficient (Wildman–Crippen LogP) is 5.31. The number of benzene rings is 1. The van der Waals surface area contributed by atoms with Crippen LogP contribution in [0.1, 0.15) is 31.3 Å². The van der Waals surface area contributed by atoms with Crippen molar-refractivity contribution in [3.8, 4) is 10.6 Å². The molecule has 0 aliphatic rings. The van der Waals surface area contributed by atoms with E-state index < -0.39 is 0 Å². The van der Waals surface area contributed by atoms with Gasteiger partial charge in [0.1, 0.15) is 5.01 Å². The third kappa shape index (κ3) is 3.95. The Balaban J connectivity index is 2.24. The van der Waals surface area contributed by atoms with Crippen molar-refractivity contribution in [2.75, 3.05) is 0 Å². The quantitative estimate of drug-likeness (QED) is 0.825. The third-order valence-electron chi connectivity index (χ3n) is 2.84. The Morgan fingerprint density at radius 3 is 2.50 bits per heavy atom. The van der Waals surface area contributed by atoms with E-state index in [9.17, 15) is 0 Å². The first kappa shape index (κ1) is 15.8. The Hall–Kier alpha value is -0.610. The fourth-order valence-corrected chi connectivity index (χ4v) is 2.99. The maximum atomic E-state index is 6.06. The number of thiazole rings is 1. The van der Waals surface area contributed by atoms with Crippen molar-refractivity contribution in [1.29, 1.82) is 0 Å². The van der Waals surface area contributed by atoms with Crippen LogP contribution in [0.15, 0.2) is 18.2 Å². The van der Waals surface area contributed by atoms with Crippen molar-refractivity contribution in [2.24, 2.45) is 0 Å². The van der Waals surface area contributed by atoms with Gasteiger partial charge >= 0.3 is 0 Å². The van der Waals surface area contributed by atoms with E-state index in [0.29, 0.717) is 10.0 Å². The zero-order valence-corrected chi connectivity index (χ0v) is 14.4. The molecule has 0 spiro atoms. The van der Waals surface area contributed by atoms with Crippen LogP contribution < -0.4 is 5.32 Å². The Kier molecular flexibility index (Phi) is 4.75. The molecule has 2 aromatic rings. The van der Waals surface area contributed by atoms with Gasteiger partial charge in [0.05, 0.1) is 15.7 Å². The summed E-state index contributed by atoms with van der Waals surface area (Å²) in [5.74, 6) is 0. The zero-order chi connectivity index (χ0) is 14.9. The van der Waals surface area contributed by atoms with Crippen LogP contribution in [-0.2, 0) is 6.54 Å². The molecule has 1 N–H and O–H groups in total. The molecule has 0 saturated heterocycles. The lowest BCUT2D eigenvalue weighted by molar-refractivity contribution is 0.425. The van der Waals surface area contributed by atoms with E-state index in [4.69, 9.17) is 23.2 Å². The molecule has 0 aliphatic carbocycles. The highest BCUT2D eigenvalue weighted by Gasteiger charge is 2.14. The van der Waals surface area contributed by atoms with Gasteiger partial charge in [-0.25, -0.2) is 4.98 Å². The van der Waals surface area contributed by atoms with Crippen LogP contribution >= 0.6 is 34.5 Å². The Bertz CT molecular complexity index is 615. The summed E-state index contributed by atoms with van der Waals surface area (Å²) in [5.41, 5.74) is 2.17. The monoisotopic (exact) mass is 328 g/mol. The minimum absolute atomic E-state index is 0.0974. The molecule has 0 aliphatic heterocycles. The second kappa shape index (κ2) is 6.02. The summed E-state index contributed by atoms with van der Waals surface area (Å²) >= 11 is 13.7. The van der Waals surface area contributed by atoms with E-state index in [-0.39, 0.29) is 5.54 Å². The highest BCUT2D eigenvalue weighted by molar-refractivity contribution is 7.15. The highest BCUT2D eigenvalue weighted by Crippen LogP contribution is 2.32. The molecule has 20 heavy (non-hydrogen) atoms. The van der Waals surface area contributed by atoms with E-state index >= 15 is 0 Å². The summed E-state index contributed by atoms with van der Waals surface area (Å²) in [5, 5.41) is 5.60. The van der Waals surface area contributed by atoms with Crippen molar-refractivity contribution < 1.29 is 0 Å². The highest BCUT2D eigenvalue weighted by atomic mass is 35.5. The first-order valence-electron chi connectivity index (χ1n) is 6.43. The summed E-state index contributed by atoms with van der Waals surface area (Å²) < 4.78 is 0. The van der Waals surface area contributed by atoms with Crippen molar-refractivity contribution in [3.05, 3.63) is 38.8 Å². The molecule has 2 nitrogen and oxygen atoms in total. The Morgan fingerprint density at radius 1 is 1.20 bits per heavy atom. The van der Waals surface area contributed by atoms with Crippen LogP contribution in [0.2, 0.25) is 10.0 Å².